The van der Waals surface area contributed by atoms with Gasteiger partial charge in [-0.3, -0.25) is 4.68 Å². The van der Waals surface area contributed by atoms with Crippen LogP contribution >= 0.6 is 23.2 Å². The molecule has 0 aliphatic carbocycles. The lowest BCUT2D eigenvalue weighted by molar-refractivity contribution is 0.629. The number of fused-ring (bicyclic) bond motifs is 1. The summed E-state index contributed by atoms with van der Waals surface area (Å²) in [5.74, 6) is 0.180. The van der Waals surface area contributed by atoms with Gasteiger partial charge >= 0.3 is 0 Å². The van der Waals surface area contributed by atoms with Crippen LogP contribution in [0.15, 0.2) is 24.4 Å². The van der Waals surface area contributed by atoms with Gasteiger partial charge in [-0.05, 0) is 19.1 Å². The molecule has 0 saturated carbocycles. The van der Waals surface area contributed by atoms with Crippen molar-refractivity contribution in [3.8, 4) is 0 Å². The number of alkyl halides is 1. The number of hydrogen-bond acceptors (Lipinski definition) is 2. The molecule has 3 aromatic rings. The normalized spacial score (nSPS) is 13.0. The average Bonchev–Trinajstić information content (AvgIpc) is 2.96. The van der Waals surface area contributed by atoms with Crippen LogP contribution in [0.2, 0.25) is 5.02 Å². The molecule has 4 nitrogen and oxygen atoms in total. The van der Waals surface area contributed by atoms with Crippen LogP contribution in [0.5, 0.6) is 0 Å². The molecule has 0 amide bonds. The van der Waals surface area contributed by atoms with Crippen LogP contribution < -0.4 is 0 Å². The predicted molar refractivity (Wildman–Crippen MR) is 81.3 cm³/mol. The van der Waals surface area contributed by atoms with Gasteiger partial charge in [0.2, 0.25) is 0 Å². The van der Waals surface area contributed by atoms with Crippen LogP contribution in [-0.2, 0) is 13.6 Å². The molecule has 2 heterocycles. The molecule has 7 heteroatoms. The smallest absolute Gasteiger partial charge is 0.144 e. The highest BCUT2D eigenvalue weighted by Crippen LogP contribution is 2.28. The number of imidazole rings is 1. The Hall–Kier alpha value is -1.59. The molecule has 0 aliphatic heterocycles. The minimum Gasteiger partial charge on any atom is -0.321 e. The van der Waals surface area contributed by atoms with Gasteiger partial charge in [-0.1, -0.05) is 11.6 Å². The quantitative estimate of drug-likeness (QED) is 0.684. The Kier molecular flexibility index (Phi) is 3.63. The van der Waals surface area contributed by atoms with Crippen LogP contribution in [0.1, 0.15) is 23.8 Å². The SMILES string of the molecule is CC(Cl)c1nc2cc(F)c(Cl)cc2n1Cc1ccn(C)n1. The van der Waals surface area contributed by atoms with Crippen molar-refractivity contribution in [1.82, 2.24) is 19.3 Å². The second kappa shape index (κ2) is 5.31. The van der Waals surface area contributed by atoms with E-state index in [9.17, 15) is 4.39 Å². The summed E-state index contributed by atoms with van der Waals surface area (Å²) < 4.78 is 17.2. The van der Waals surface area contributed by atoms with Crippen LogP contribution in [0.3, 0.4) is 0 Å². The third-order valence-corrected chi connectivity index (χ3v) is 3.75. The minimum atomic E-state index is -0.486. The monoisotopic (exact) mass is 326 g/mol. The summed E-state index contributed by atoms with van der Waals surface area (Å²) in [5, 5.41) is 4.12. The number of benzene rings is 1. The molecular formula is C14H13Cl2FN4. The molecule has 0 fully saturated rings. The average molecular weight is 327 g/mol. The van der Waals surface area contributed by atoms with E-state index < -0.39 is 5.82 Å². The van der Waals surface area contributed by atoms with Crippen molar-refractivity contribution in [2.24, 2.45) is 7.05 Å². The third kappa shape index (κ3) is 2.63. The van der Waals surface area contributed by atoms with Crippen LogP contribution in [0.25, 0.3) is 11.0 Å². The lowest BCUT2D eigenvalue weighted by atomic mass is 10.3. The predicted octanol–water partition coefficient (Wildman–Crippen LogP) is 3.91. The fourth-order valence-corrected chi connectivity index (χ4v) is 2.64. The fourth-order valence-electron chi connectivity index (χ4n) is 2.32. The first-order chi connectivity index (χ1) is 9.95. The Morgan fingerprint density at radius 2 is 2.14 bits per heavy atom. The van der Waals surface area contributed by atoms with Crippen molar-refractivity contribution in [2.45, 2.75) is 18.8 Å². The first-order valence-corrected chi connectivity index (χ1v) is 7.25. The number of aromatic nitrogens is 4. The first kappa shape index (κ1) is 14.4. The molecule has 1 aromatic carbocycles. The summed E-state index contributed by atoms with van der Waals surface area (Å²) in [6.45, 7) is 2.33. The second-order valence-corrected chi connectivity index (χ2v) is 5.97. The number of aryl methyl sites for hydroxylation is 1. The molecule has 1 unspecified atom stereocenters. The van der Waals surface area contributed by atoms with Crippen molar-refractivity contribution in [3.05, 3.63) is 46.8 Å². The lowest BCUT2D eigenvalue weighted by Gasteiger charge is -2.09. The van der Waals surface area contributed by atoms with Gasteiger partial charge in [0.15, 0.2) is 0 Å². The lowest BCUT2D eigenvalue weighted by Crippen LogP contribution is -2.06. The van der Waals surface area contributed by atoms with E-state index >= 15 is 0 Å². The van der Waals surface area contributed by atoms with Gasteiger partial charge in [0.25, 0.3) is 0 Å². The molecule has 0 bridgehead atoms. The number of rotatable bonds is 3. The highest BCUT2D eigenvalue weighted by Gasteiger charge is 2.17. The highest BCUT2D eigenvalue weighted by molar-refractivity contribution is 6.31. The molecular weight excluding hydrogens is 314 g/mol. The first-order valence-electron chi connectivity index (χ1n) is 6.43. The van der Waals surface area contributed by atoms with E-state index in [2.05, 4.69) is 10.1 Å². The maximum absolute atomic E-state index is 13.6. The molecule has 2 aromatic heterocycles. The molecule has 21 heavy (non-hydrogen) atoms. The highest BCUT2D eigenvalue weighted by atomic mass is 35.5. The molecule has 3 rings (SSSR count). The maximum Gasteiger partial charge on any atom is 0.144 e. The van der Waals surface area contributed by atoms with E-state index in [1.807, 2.05) is 30.8 Å². The van der Waals surface area contributed by atoms with Crippen LogP contribution in [-0.4, -0.2) is 19.3 Å². The number of halogens is 3. The number of nitrogens with zero attached hydrogens (tertiary/aromatic N) is 4. The summed E-state index contributed by atoms with van der Waals surface area (Å²) in [7, 11) is 1.85. The second-order valence-electron chi connectivity index (χ2n) is 4.91. The Balaban J connectivity index is 2.17. The molecule has 0 N–H and O–H groups in total. The summed E-state index contributed by atoms with van der Waals surface area (Å²) in [6.07, 6.45) is 1.87. The summed E-state index contributed by atoms with van der Waals surface area (Å²) >= 11 is 12.1. The van der Waals surface area contributed by atoms with Crippen molar-refractivity contribution in [1.29, 1.82) is 0 Å². The van der Waals surface area contributed by atoms with Gasteiger partial charge in [-0.15, -0.1) is 11.6 Å². The minimum absolute atomic E-state index is 0.0680. The van der Waals surface area contributed by atoms with E-state index in [1.54, 1.807) is 10.7 Å². The molecule has 0 aliphatic rings. The largest absolute Gasteiger partial charge is 0.321 e. The summed E-state index contributed by atoms with van der Waals surface area (Å²) in [6, 6.07) is 4.82. The maximum atomic E-state index is 13.6. The Morgan fingerprint density at radius 3 is 2.76 bits per heavy atom. The molecule has 0 radical (unpaired) electrons. The molecule has 1 atom stereocenters. The van der Waals surface area contributed by atoms with E-state index in [0.717, 1.165) is 11.2 Å². The van der Waals surface area contributed by atoms with Crippen molar-refractivity contribution in [2.75, 3.05) is 0 Å². The van der Waals surface area contributed by atoms with E-state index in [0.29, 0.717) is 17.9 Å². The van der Waals surface area contributed by atoms with Gasteiger partial charge in [-0.2, -0.15) is 5.10 Å². The molecule has 0 saturated heterocycles. The topological polar surface area (TPSA) is 35.6 Å². The van der Waals surface area contributed by atoms with Gasteiger partial charge in [0, 0.05) is 19.3 Å². The van der Waals surface area contributed by atoms with E-state index in [1.165, 1.54) is 6.07 Å². The standard InChI is InChI=1S/C14H13Cl2FN4/c1-8(15)14-18-12-6-11(17)10(16)5-13(12)21(14)7-9-3-4-20(2)19-9/h3-6,8H,7H2,1-2H3. The third-order valence-electron chi connectivity index (χ3n) is 3.26. The van der Waals surface area contributed by atoms with Crippen LogP contribution in [0.4, 0.5) is 4.39 Å². The summed E-state index contributed by atoms with van der Waals surface area (Å²) in [4.78, 5) is 4.41. The zero-order chi connectivity index (χ0) is 15.1. The van der Waals surface area contributed by atoms with Crippen molar-refractivity contribution in [3.63, 3.8) is 0 Å². The Bertz CT molecular complexity index is 807. The molecule has 0 spiro atoms. The summed E-state index contributed by atoms with van der Waals surface area (Å²) in [5.41, 5.74) is 2.15. The van der Waals surface area contributed by atoms with Crippen molar-refractivity contribution >= 4 is 34.2 Å². The van der Waals surface area contributed by atoms with Gasteiger partial charge in [-0.25, -0.2) is 9.37 Å². The van der Waals surface area contributed by atoms with E-state index in [-0.39, 0.29) is 10.4 Å². The Labute approximate surface area is 131 Å². The van der Waals surface area contributed by atoms with Crippen molar-refractivity contribution < 1.29 is 4.39 Å². The van der Waals surface area contributed by atoms with Crippen LogP contribution in [0, 0.1) is 5.82 Å². The number of hydrogen-bond donors (Lipinski definition) is 0. The Morgan fingerprint density at radius 1 is 1.38 bits per heavy atom. The van der Waals surface area contributed by atoms with Gasteiger partial charge < -0.3 is 4.57 Å². The molecule has 110 valence electrons. The zero-order valence-electron chi connectivity index (χ0n) is 11.5. The van der Waals surface area contributed by atoms with Gasteiger partial charge in [0.1, 0.15) is 11.6 Å². The van der Waals surface area contributed by atoms with Gasteiger partial charge in [0.05, 0.1) is 33.7 Å². The van der Waals surface area contributed by atoms with E-state index in [4.69, 9.17) is 23.2 Å². The zero-order valence-corrected chi connectivity index (χ0v) is 13.0. The fraction of sp³-hybridized carbons (Fsp3) is 0.286.